The molecule has 4 aromatic rings. The number of nitrogens with one attached hydrogen (secondary N) is 1. The van der Waals surface area contributed by atoms with E-state index in [1.807, 2.05) is 0 Å². The quantitative estimate of drug-likeness (QED) is 0.455. The van der Waals surface area contributed by atoms with Crippen LogP contribution < -0.4 is 20.2 Å². The third-order valence-electron chi connectivity index (χ3n) is 4.79. The lowest BCUT2D eigenvalue weighted by atomic mass is 10.0. The van der Waals surface area contributed by atoms with Gasteiger partial charge in [0.25, 0.3) is 5.91 Å². The van der Waals surface area contributed by atoms with Crippen molar-refractivity contribution in [2.24, 2.45) is 0 Å². The van der Waals surface area contributed by atoms with E-state index in [4.69, 9.17) is 25.5 Å². The summed E-state index contributed by atoms with van der Waals surface area (Å²) >= 11 is 6.09. The normalized spacial score (nSPS) is 10.7. The molecule has 6 nitrogen and oxygen atoms in total. The molecule has 0 fully saturated rings. The zero-order valence-corrected chi connectivity index (χ0v) is 17.5. The number of hydrogen-bond donors (Lipinski definition) is 1. The highest BCUT2D eigenvalue weighted by Crippen LogP contribution is 2.32. The second-order valence-electron chi connectivity index (χ2n) is 6.69. The second-order valence-corrected chi connectivity index (χ2v) is 7.13. The van der Waals surface area contributed by atoms with Crippen LogP contribution in [0.1, 0.15) is 10.4 Å². The fourth-order valence-corrected chi connectivity index (χ4v) is 3.39. The molecular formula is C24H18ClNO5. The van der Waals surface area contributed by atoms with Gasteiger partial charge in [0.15, 0.2) is 0 Å². The van der Waals surface area contributed by atoms with Gasteiger partial charge < -0.3 is 13.9 Å². The number of ether oxygens (including phenoxy) is 2. The largest absolute Gasteiger partial charge is 0.497 e. The van der Waals surface area contributed by atoms with Crippen molar-refractivity contribution in [3.05, 3.63) is 87.5 Å². The van der Waals surface area contributed by atoms with Gasteiger partial charge in [0.2, 0.25) is 11.3 Å². The minimum atomic E-state index is -0.428. The van der Waals surface area contributed by atoms with Crippen molar-refractivity contribution < 1.29 is 18.7 Å². The van der Waals surface area contributed by atoms with Crippen molar-refractivity contribution in [3.63, 3.8) is 0 Å². The number of halogens is 1. The highest BCUT2D eigenvalue weighted by atomic mass is 35.5. The Bertz CT molecular complexity index is 1330. The molecular weight excluding hydrogens is 418 g/mol. The van der Waals surface area contributed by atoms with Crippen LogP contribution in [0, 0.1) is 0 Å². The number of methoxy groups -OCH3 is 2. The van der Waals surface area contributed by atoms with Crippen LogP contribution in [-0.2, 0) is 0 Å². The van der Waals surface area contributed by atoms with Crippen LogP contribution in [0.25, 0.3) is 22.1 Å². The summed E-state index contributed by atoms with van der Waals surface area (Å²) in [5.41, 5.74) is 1.12. The molecule has 0 saturated heterocycles. The molecule has 0 spiro atoms. The Morgan fingerprint density at radius 1 is 0.935 bits per heavy atom. The summed E-state index contributed by atoms with van der Waals surface area (Å²) in [6.07, 6.45) is 0. The van der Waals surface area contributed by atoms with Crippen LogP contribution in [0.15, 0.2) is 75.9 Å². The van der Waals surface area contributed by atoms with Crippen LogP contribution in [0.4, 0.5) is 5.88 Å². The first kappa shape index (κ1) is 20.5. The molecule has 1 amide bonds. The molecule has 1 N–H and O–H groups in total. The Hall–Kier alpha value is -3.77. The molecule has 7 heteroatoms. The number of anilines is 1. The lowest BCUT2D eigenvalue weighted by Gasteiger charge is -2.12. The van der Waals surface area contributed by atoms with Gasteiger partial charge in [-0.1, -0.05) is 23.7 Å². The molecule has 156 valence electrons. The van der Waals surface area contributed by atoms with E-state index >= 15 is 0 Å². The Morgan fingerprint density at radius 3 is 2.39 bits per heavy atom. The maximum Gasteiger partial charge on any atom is 0.257 e. The standard InChI is InChI=1S/C24H18ClNO5/c1-29-17-9-6-14(7-10-17)23(28)26-24-21(15-4-3-5-18(12-15)30-2)22(27)19-13-16(25)8-11-20(19)31-24/h3-13H,1-2H3,(H,26,28). The van der Waals surface area contributed by atoms with Gasteiger partial charge >= 0.3 is 0 Å². The van der Waals surface area contributed by atoms with E-state index in [1.165, 1.54) is 7.11 Å². The summed E-state index contributed by atoms with van der Waals surface area (Å²) in [5, 5.41) is 3.45. The SMILES string of the molecule is COc1ccc(C(=O)Nc2oc3ccc(Cl)cc3c(=O)c2-c2cccc(OC)c2)cc1. The van der Waals surface area contributed by atoms with Gasteiger partial charge in [-0.15, -0.1) is 0 Å². The van der Waals surface area contributed by atoms with Crippen molar-refractivity contribution >= 4 is 34.4 Å². The zero-order valence-electron chi connectivity index (χ0n) is 16.8. The molecule has 0 atom stereocenters. The number of benzene rings is 3. The zero-order chi connectivity index (χ0) is 22.0. The van der Waals surface area contributed by atoms with Crippen LogP contribution in [-0.4, -0.2) is 20.1 Å². The Kier molecular flexibility index (Phi) is 5.64. The molecule has 0 aliphatic heterocycles. The van der Waals surface area contributed by atoms with Crippen molar-refractivity contribution in [2.45, 2.75) is 0 Å². The summed E-state index contributed by atoms with van der Waals surface area (Å²) in [6, 6.07) is 18.3. The number of carbonyl (C=O) groups excluding carboxylic acids is 1. The number of hydrogen-bond acceptors (Lipinski definition) is 5. The van der Waals surface area contributed by atoms with Crippen molar-refractivity contribution in [1.82, 2.24) is 0 Å². The highest BCUT2D eigenvalue weighted by molar-refractivity contribution is 6.31. The summed E-state index contributed by atoms with van der Waals surface area (Å²) in [4.78, 5) is 26.2. The third kappa shape index (κ3) is 4.11. The minimum absolute atomic E-state index is 0.0360. The molecule has 1 heterocycles. The Balaban J connectivity index is 1.87. The predicted octanol–water partition coefficient (Wildman–Crippen LogP) is 5.38. The maximum atomic E-state index is 13.4. The first-order valence-corrected chi connectivity index (χ1v) is 9.74. The van der Waals surface area contributed by atoms with Gasteiger partial charge in [-0.2, -0.15) is 0 Å². The molecule has 0 aliphatic rings. The molecule has 0 aliphatic carbocycles. The van der Waals surface area contributed by atoms with Crippen LogP contribution in [0.5, 0.6) is 11.5 Å². The van der Waals surface area contributed by atoms with Gasteiger partial charge in [-0.25, -0.2) is 0 Å². The van der Waals surface area contributed by atoms with Crippen LogP contribution in [0.3, 0.4) is 0 Å². The van der Waals surface area contributed by atoms with E-state index in [0.717, 1.165) is 0 Å². The molecule has 0 unspecified atom stereocenters. The van der Waals surface area contributed by atoms with Gasteiger partial charge in [-0.3, -0.25) is 14.9 Å². The number of fused-ring (bicyclic) bond motifs is 1. The summed E-state index contributed by atoms with van der Waals surface area (Å²) < 4.78 is 16.3. The Morgan fingerprint density at radius 2 is 1.68 bits per heavy atom. The lowest BCUT2D eigenvalue weighted by Crippen LogP contribution is -2.16. The van der Waals surface area contributed by atoms with Crippen molar-refractivity contribution in [2.75, 3.05) is 19.5 Å². The van der Waals surface area contributed by atoms with Crippen LogP contribution in [0.2, 0.25) is 5.02 Å². The first-order chi connectivity index (χ1) is 15.0. The topological polar surface area (TPSA) is 77.8 Å². The second kappa shape index (κ2) is 8.53. The van der Waals surface area contributed by atoms with Gasteiger partial charge in [0, 0.05) is 10.6 Å². The lowest BCUT2D eigenvalue weighted by molar-refractivity contribution is 0.102. The van der Waals surface area contributed by atoms with E-state index in [0.29, 0.717) is 38.6 Å². The maximum absolute atomic E-state index is 13.4. The average Bonchev–Trinajstić information content (AvgIpc) is 2.80. The molecule has 0 saturated carbocycles. The minimum Gasteiger partial charge on any atom is -0.497 e. The average molecular weight is 436 g/mol. The fraction of sp³-hybridized carbons (Fsp3) is 0.0833. The fourth-order valence-electron chi connectivity index (χ4n) is 3.21. The summed E-state index contributed by atoms with van der Waals surface area (Å²) in [7, 11) is 3.08. The number of carbonyl (C=O) groups is 1. The van der Waals surface area contributed by atoms with Gasteiger partial charge in [0.1, 0.15) is 17.1 Å². The number of amides is 1. The Labute approximate surface area is 183 Å². The summed E-state index contributed by atoms with van der Waals surface area (Å²) in [5.74, 6) is 0.801. The first-order valence-electron chi connectivity index (χ1n) is 9.36. The van der Waals surface area contributed by atoms with Crippen molar-refractivity contribution in [3.8, 4) is 22.6 Å². The predicted molar refractivity (Wildman–Crippen MR) is 120 cm³/mol. The monoisotopic (exact) mass is 435 g/mol. The third-order valence-corrected chi connectivity index (χ3v) is 5.03. The van der Waals surface area contributed by atoms with E-state index in [1.54, 1.807) is 73.8 Å². The van der Waals surface area contributed by atoms with E-state index in [2.05, 4.69) is 5.32 Å². The van der Waals surface area contributed by atoms with E-state index < -0.39 is 5.91 Å². The molecule has 4 rings (SSSR count). The van der Waals surface area contributed by atoms with E-state index in [9.17, 15) is 9.59 Å². The van der Waals surface area contributed by atoms with Gasteiger partial charge in [0.05, 0.1) is 25.2 Å². The smallest absolute Gasteiger partial charge is 0.257 e. The molecule has 0 radical (unpaired) electrons. The van der Waals surface area contributed by atoms with Crippen LogP contribution >= 0.6 is 11.6 Å². The summed E-state index contributed by atoms with van der Waals surface area (Å²) in [6.45, 7) is 0. The van der Waals surface area contributed by atoms with E-state index in [-0.39, 0.29) is 16.9 Å². The molecule has 31 heavy (non-hydrogen) atoms. The highest BCUT2D eigenvalue weighted by Gasteiger charge is 2.20. The molecule has 1 aromatic heterocycles. The molecule has 0 bridgehead atoms. The number of rotatable bonds is 5. The molecule has 3 aromatic carbocycles. The van der Waals surface area contributed by atoms with Crippen molar-refractivity contribution in [1.29, 1.82) is 0 Å². The van der Waals surface area contributed by atoms with Gasteiger partial charge in [-0.05, 0) is 60.2 Å².